The van der Waals surface area contributed by atoms with Crippen LogP contribution in [0.15, 0.2) is 48.5 Å². The van der Waals surface area contributed by atoms with Crippen molar-refractivity contribution in [3.05, 3.63) is 59.7 Å². The maximum atomic E-state index is 13.1. The Bertz CT molecular complexity index is 1010. The van der Waals surface area contributed by atoms with Gasteiger partial charge in [0.05, 0.1) is 18.2 Å². The first kappa shape index (κ1) is 20.3. The molecular formula is C26H30N2O3. The molecule has 1 N–H and O–H groups in total. The summed E-state index contributed by atoms with van der Waals surface area (Å²) < 4.78 is 0. The second-order valence-electron chi connectivity index (χ2n) is 9.55. The van der Waals surface area contributed by atoms with Gasteiger partial charge >= 0.3 is 0 Å². The predicted molar refractivity (Wildman–Crippen MR) is 119 cm³/mol. The standard InChI is InChI=1S/C26H30N2O3/c1-17-5-3-4-6-22(17)20-9-11-21(12-10-20)25-23(14-29)28(24(31)13-19-7-8-19)26(25)15-27(16-26)18(2)30/h3-6,9-12,19,23,25,29H,7-8,13-16H2,1-2H3/t23-,25+/m0/s1. The van der Waals surface area contributed by atoms with Crippen molar-refractivity contribution in [2.75, 3.05) is 19.7 Å². The number of aliphatic hydroxyl groups is 1. The fourth-order valence-corrected chi connectivity index (χ4v) is 5.68. The molecule has 2 aliphatic heterocycles. The van der Waals surface area contributed by atoms with Gasteiger partial charge in [0.15, 0.2) is 0 Å². The predicted octanol–water partition coefficient (Wildman–Crippen LogP) is 3.35. The van der Waals surface area contributed by atoms with Crippen LogP contribution in [0.2, 0.25) is 0 Å². The van der Waals surface area contributed by atoms with Crippen LogP contribution in [-0.4, -0.2) is 58.0 Å². The Hall–Kier alpha value is -2.66. The van der Waals surface area contributed by atoms with Crippen LogP contribution >= 0.6 is 0 Å². The van der Waals surface area contributed by atoms with Crippen molar-refractivity contribution in [2.24, 2.45) is 5.92 Å². The van der Waals surface area contributed by atoms with Crippen molar-refractivity contribution < 1.29 is 14.7 Å². The van der Waals surface area contributed by atoms with Crippen LogP contribution in [-0.2, 0) is 9.59 Å². The summed E-state index contributed by atoms with van der Waals surface area (Å²) in [5.74, 6) is 0.723. The minimum Gasteiger partial charge on any atom is -0.394 e. The maximum absolute atomic E-state index is 13.1. The summed E-state index contributed by atoms with van der Waals surface area (Å²) in [6.45, 7) is 4.75. The summed E-state index contributed by atoms with van der Waals surface area (Å²) in [7, 11) is 0. The number of likely N-dealkylation sites (tertiary alicyclic amines) is 2. The fourth-order valence-electron chi connectivity index (χ4n) is 5.68. The summed E-state index contributed by atoms with van der Waals surface area (Å²) in [5.41, 5.74) is 4.36. The third kappa shape index (κ3) is 3.26. The molecule has 5 rings (SSSR count). The highest BCUT2D eigenvalue weighted by molar-refractivity contribution is 5.82. The molecule has 1 aliphatic carbocycles. The molecule has 0 aromatic heterocycles. The SMILES string of the molecule is CC(=O)N1CC2(C1)[C@H](c1ccc(-c3ccccc3C)cc1)[C@H](CO)N2C(=O)CC1CC1. The van der Waals surface area contributed by atoms with Crippen LogP contribution in [0.1, 0.15) is 43.2 Å². The quantitative estimate of drug-likeness (QED) is 0.810. The van der Waals surface area contributed by atoms with Gasteiger partial charge in [0.2, 0.25) is 11.8 Å². The van der Waals surface area contributed by atoms with Gasteiger partial charge < -0.3 is 14.9 Å². The molecule has 2 atom stereocenters. The molecule has 2 aromatic carbocycles. The highest BCUT2D eigenvalue weighted by Gasteiger charge is 2.67. The van der Waals surface area contributed by atoms with Crippen LogP contribution in [0.4, 0.5) is 0 Å². The van der Waals surface area contributed by atoms with Gasteiger partial charge in [-0.25, -0.2) is 0 Å². The third-order valence-electron chi connectivity index (χ3n) is 7.49. The molecule has 0 unspecified atom stereocenters. The zero-order valence-electron chi connectivity index (χ0n) is 18.3. The summed E-state index contributed by atoms with van der Waals surface area (Å²) in [5, 5.41) is 10.2. The average molecular weight is 419 g/mol. The van der Waals surface area contributed by atoms with Crippen molar-refractivity contribution >= 4 is 11.8 Å². The lowest BCUT2D eigenvalue weighted by atomic mass is 9.60. The highest BCUT2D eigenvalue weighted by Crippen LogP contribution is 2.54. The van der Waals surface area contributed by atoms with E-state index in [0.717, 1.165) is 24.0 Å². The van der Waals surface area contributed by atoms with Crippen molar-refractivity contribution in [1.29, 1.82) is 0 Å². The second-order valence-corrected chi connectivity index (χ2v) is 9.55. The van der Waals surface area contributed by atoms with E-state index in [1.54, 1.807) is 11.8 Å². The molecular weight excluding hydrogens is 388 g/mol. The number of hydrogen-bond donors (Lipinski definition) is 1. The van der Waals surface area contributed by atoms with E-state index in [9.17, 15) is 14.7 Å². The monoisotopic (exact) mass is 418 g/mol. The lowest BCUT2D eigenvalue weighted by Gasteiger charge is -2.70. The molecule has 3 fully saturated rings. The number of carbonyl (C=O) groups excluding carboxylic acids is 2. The Labute approximate surface area is 183 Å². The Morgan fingerprint density at radius 3 is 2.32 bits per heavy atom. The number of nitrogens with zero attached hydrogens (tertiary/aromatic N) is 2. The zero-order valence-corrected chi connectivity index (χ0v) is 18.3. The lowest BCUT2D eigenvalue weighted by molar-refractivity contribution is -0.202. The molecule has 1 spiro atoms. The molecule has 3 aliphatic rings. The molecule has 2 heterocycles. The van der Waals surface area contributed by atoms with E-state index >= 15 is 0 Å². The summed E-state index contributed by atoms with van der Waals surface area (Å²) in [6, 6.07) is 16.7. The molecule has 1 saturated carbocycles. The van der Waals surface area contributed by atoms with Crippen LogP contribution in [0.5, 0.6) is 0 Å². The van der Waals surface area contributed by atoms with Crippen LogP contribution in [0.3, 0.4) is 0 Å². The van der Waals surface area contributed by atoms with Crippen LogP contribution in [0.25, 0.3) is 11.1 Å². The molecule has 162 valence electrons. The number of hydrogen-bond acceptors (Lipinski definition) is 3. The molecule has 5 nitrogen and oxygen atoms in total. The average Bonchev–Trinajstić information content (AvgIpc) is 3.51. The van der Waals surface area contributed by atoms with Crippen molar-refractivity contribution in [3.8, 4) is 11.1 Å². The van der Waals surface area contributed by atoms with Gasteiger partial charge in [-0.1, -0.05) is 48.5 Å². The van der Waals surface area contributed by atoms with Gasteiger partial charge in [-0.2, -0.15) is 0 Å². The highest BCUT2D eigenvalue weighted by atomic mass is 16.3. The molecule has 2 amide bonds. The Morgan fingerprint density at radius 1 is 1.06 bits per heavy atom. The van der Waals surface area contributed by atoms with Crippen molar-refractivity contribution in [2.45, 2.75) is 50.6 Å². The molecule has 0 radical (unpaired) electrons. The van der Waals surface area contributed by atoms with E-state index in [1.165, 1.54) is 11.1 Å². The summed E-state index contributed by atoms with van der Waals surface area (Å²) in [6.07, 6.45) is 2.82. The van der Waals surface area contributed by atoms with E-state index in [1.807, 2.05) is 17.0 Å². The minimum atomic E-state index is -0.380. The Balaban J connectivity index is 1.44. The first-order chi connectivity index (χ1) is 14.9. The van der Waals surface area contributed by atoms with Gasteiger partial charge in [-0.15, -0.1) is 0 Å². The Morgan fingerprint density at radius 2 is 1.74 bits per heavy atom. The van der Waals surface area contributed by atoms with Gasteiger partial charge in [0, 0.05) is 32.4 Å². The minimum absolute atomic E-state index is 0.0429. The molecule has 31 heavy (non-hydrogen) atoms. The smallest absolute Gasteiger partial charge is 0.223 e. The Kier molecular flexibility index (Phi) is 4.89. The fraction of sp³-hybridized carbons (Fsp3) is 0.462. The first-order valence-corrected chi connectivity index (χ1v) is 11.3. The van der Waals surface area contributed by atoms with E-state index in [2.05, 4.69) is 43.3 Å². The van der Waals surface area contributed by atoms with E-state index in [4.69, 9.17) is 0 Å². The van der Waals surface area contributed by atoms with Crippen LogP contribution < -0.4 is 0 Å². The van der Waals surface area contributed by atoms with Gasteiger partial charge in [0.25, 0.3) is 0 Å². The normalized spacial score (nSPS) is 24.0. The summed E-state index contributed by atoms with van der Waals surface area (Å²) >= 11 is 0. The number of benzene rings is 2. The van der Waals surface area contributed by atoms with E-state index in [0.29, 0.717) is 25.4 Å². The molecule has 0 bridgehead atoms. The second kappa shape index (κ2) is 7.49. The largest absolute Gasteiger partial charge is 0.394 e. The molecule has 5 heteroatoms. The molecule has 2 saturated heterocycles. The first-order valence-electron chi connectivity index (χ1n) is 11.3. The third-order valence-corrected chi connectivity index (χ3v) is 7.49. The topological polar surface area (TPSA) is 60.9 Å². The summed E-state index contributed by atoms with van der Waals surface area (Å²) in [4.78, 5) is 28.7. The lowest BCUT2D eigenvalue weighted by Crippen LogP contribution is -2.85. The number of carbonyl (C=O) groups is 2. The van der Waals surface area contributed by atoms with E-state index in [-0.39, 0.29) is 35.9 Å². The number of aliphatic hydroxyl groups excluding tert-OH is 1. The number of amides is 2. The van der Waals surface area contributed by atoms with Gasteiger partial charge in [0.1, 0.15) is 0 Å². The van der Waals surface area contributed by atoms with Crippen molar-refractivity contribution in [1.82, 2.24) is 9.80 Å². The maximum Gasteiger partial charge on any atom is 0.223 e. The van der Waals surface area contributed by atoms with Crippen molar-refractivity contribution in [3.63, 3.8) is 0 Å². The zero-order chi connectivity index (χ0) is 21.8. The number of aryl methyl sites for hydroxylation is 1. The van der Waals surface area contributed by atoms with Crippen LogP contribution in [0, 0.1) is 12.8 Å². The molecule has 2 aromatic rings. The van der Waals surface area contributed by atoms with Gasteiger partial charge in [-0.3, -0.25) is 9.59 Å². The van der Waals surface area contributed by atoms with E-state index < -0.39 is 0 Å². The number of rotatable bonds is 5. The van der Waals surface area contributed by atoms with Gasteiger partial charge in [-0.05, 0) is 47.9 Å².